The molecule has 1 aromatic rings. The number of carbonyl (C=O) groups is 1. The molecule has 0 saturated carbocycles. The van der Waals surface area contributed by atoms with Crippen molar-refractivity contribution < 1.29 is 14.6 Å². The van der Waals surface area contributed by atoms with Gasteiger partial charge in [-0.15, -0.1) is 0 Å². The van der Waals surface area contributed by atoms with Gasteiger partial charge in [0.1, 0.15) is 6.61 Å². The summed E-state index contributed by atoms with van der Waals surface area (Å²) in [6.07, 6.45) is 6.58. The number of aromatic hydroxyl groups is 1. The van der Waals surface area contributed by atoms with E-state index in [1.54, 1.807) is 17.0 Å². The van der Waals surface area contributed by atoms with Gasteiger partial charge < -0.3 is 19.6 Å². The Morgan fingerprint density at radius 3 is 2.95 bits per heavy atom. The van der Waals surface area contributed by atoms with E-state index in [2.05, 4.69) is 4.90 Å². The number of amides is 1. The van der Waals surface area contributed by atoms with E-state index in [1.807, 2.05) is 38.1 Å². The lowest BCUT2D eigenvalue weighted by molar-refractivity contribution is -0.116. The highest BCUT2D eigenvalue weighted by Crippen LogP contribution is 2.38. The van der Waals surface area contributed by atoms with Gasteiger partial charge in [-0.2, -0.15) is 0 Å². The van der Waals surface area contributed by atoms with Crippen molar-refractivity contribution >= 4 is 12.1 Å². The van der Waals surface area contributed by atoms with Crippen LogP contribution in [0.2, 0.25) is 0 Å². The number of rotatable bonds is 6. The molecule has 0 fully saturated rings. The van der Waals surface area contributed by atoms with Gasteiger partial charge in [0.15, 0.2) is 11.5 Å². The van der Waals surface area contributed by atoms with Crippen LogP contribution in [0.3, 0.4) is 0 Å². The molecule has 5 heteroatoms. The molecule has 0 atom stereocenters. The molecule has 0 saturated heterocycles. The minimum absolute atomic E-state index is 0.150. The summed E-state index contributed by atoms with van der Waals surface area (Å²) in [5, 5.41) is 9.86. The molecule has 0 unspecified atom stereocenters. The number of hydrogen-bond donors (Lipinski definition) is 1. The van der Waals surface area contributed by atoms with Gasteiger partial charge in [0.05, 0.1) is 12.2 Å². The van der Waals surface area contributed by atoms with Gasteiger partial charge in [0.25, 0.3) is 0 Å². The number of ether oxygens (including phenoxy) is 1. The lowest BCUT2D eigenvalue weighted by atomic mass is 10.2. The van der Waals surface area contributed by atoms with Crippen LogP contribution in [-0.2, 0) is 4.79 Å². The fraction of sp³-hybridized carbons (Fsp3) is 0.353. The molecule has 0 radical (unpaired) electrons. The molecule has 1 heterocycles. The molecule has 2 rings (SSSR count). The summed E-state index contributed by atoms with van der Waals surface area (Å²) in [5.41, 5.74) is 1.74. The van der Waals surface area contributed by atoms with Gasteiger partial charge in [-0.25, -0.2) is 0 Å². The Morgan fingerprint density at radius 2 is 2.27 bits per heavy atom. The first kappa shape index (κ1) is 15.9. The van der Waals surface area contributed by atoms with Gasteiger partial charge >= 0.3 is 0 Å². The maximum atomic E-state index is 11.3. The first-order valence-corrected chi connectivity index (χ1v) is 7.42. The van der Waals surface area contributed by atoms with E-state index in [1.165, 1.54) is 0 Å². The van der Waals surface area contributed by atoms with Crippen LogP contribution in [-0.4, -0.2) is 42.7 Å². The molecule has 5 nitrogen and oxygen atoms in total. The lowest BCUT2D eigenvalue weighted by Crippen LogP contribution is -2.38. The van der Waals surface area contributed by atoms with Crippen LogP contribution >= 0.6 is 0 Å². The molecule has 1 aliphatic heterocycles. The number of allylic oxidation sites excluding steroid dienone is 3. The van der Waals surface area contributed by atoms with Gasteiger partial charge in [0.2, 0.25) is 6.41 Å². The Balaban J connectivity index is 2.09. The zero-order chi connectivity index (χ0) is 15.9. The summed E-state index contributed by atoms with van der Waals surface area (Å²) in [6.45, 7) is 6.34. The third-order valence-corrected chi connectivity index (χ3v) is 3.62. The van der Waals surface area contributed by atoms with Crippen molar-refractivity contribution in [3.05, 3.63) is 42.1 Å². The van der Waals surface area contributed by atoms with Crippen molar-refractivity contribution in [2.45, 2.75) is 13.8 Å². The minimum atomic E-state index is 0.150. The Bertz CT molecular complexity index is 581. The van der Waals surface area contributed by atoms with Gasteiger partial charge in [-0.3, -0.25) is 4.79 Å². The fourth-order valence-electron chi connectivity index (χ4n) is 2.52. The number of hydrogen-bond acceptors (Lipinski definition) is 4. The van der Waals surface area contributed by atoms with Crippen LogP contribution in [0, 0.1) is 0 Å². The van der Waals surface area contributed by atoms with Crippen LogP contribution in [0.4, 0.5) is 5.69 Å². The van der Waals surface area contributed by atoms with Gasteiger partial charge in [-0.05, 0) is 32.1 Å². The first-order chi connectivity index (χ1) is 10.7. The predicted octanol–water partition coefficient (Wildman–Crippen LogP) is 2.53. The number of phenolic OH excluding ortho intramolecular Hbond substituents is 1. The van der Waals surface area contributed by atoms with Crippen LogP contribution in [0.5, 0.6) is 11.5 Å². The third kappa shape index (κ3) is 3.42. The predicted molar refractivity (Wildman–Crippen MR) is 87.2 cm³/mol. The topological polar surface area (TPSA) is 53.0 Å². The van der Waals surface area contributed by atoms with Crippen LogP contribution in [0.25, 0.3) is 0 Å². The van der Waals surface area contributed by atoms with E-state index < -0.39 is 0 Å². The zero-order valence-corrected chi connectivity index (χ0v) is 13.0. The monoisotopic (exact) mass is 302 g/mol. The fourth-order valence-corrected chi connectivity index (χ4v) is 2.52. The molecule has 0 aliphatic carbocycles. The van der Waals surface area contributed by atoms with Crippen LogP contribution in [0.15, 0.2) is 42.1 Å². The van der Waals surface area contributed by atoms with E-state index in [0.717, 1.165) is 24.3 Å². The Labute approximate surface area is 131 Å². The van der Waals surface area contributed by atoms with Crippen LogP contribution < -0.4 is 9.64 Å². The molecule has 22 heavy (non-hydrogen) atoms. The smallest absolute Gasteiger partial charge is 0.214 e. The number of para-hydroxylation sites is 1. The Kier molecular flexibility index (Phi) is 5.47. The Morgan fingerprint density at radius 1 is 1.45 bits per heavy atom. The molecule has 1 aliphatic rings. The lowest BCUT2D eigenvalue weighted by Gasteiger charge is -2.33. The minimum Gasteiger partial charge on any atom is -0.504 e. The van der Waals surface area contributed by atoms with E-state index in [0.29, 0.717) is 25.4 Å². The van der Waals surface area contributed by atoms with E-state index in [-0.39, 0.29) is 5.75 Å². The zero-order valence-electron chi connectivity index (χ0n) is 13.0. The summed E-state index contributed by atoms with van der Waals surface area (Å²) in [7, 11) is 0. The van der Waals surface area contributed by atoms with Crippen molar-refractivity contribution in [3.8, 4) is 11.5 Å². The number of benzene rings is 1. The largest absolute Gasteiger partial charge is 0.504 e. The normalized spacial score (nSPS) is 14.6. The first-order valence-electron chi connectivity index (χ1n) is 7.42. The third-order valence-electron chi connectivity index (χ3n) is 3.62. The molecule has 118 valence electrons. The standard InChI is InChI=1S/C17H22N2O3/c1-3-6-14(4-2)19(13-20)10-9-18-11-12-22-17-15(18)7-5-8-16(17)21/h3-8,13,21H,9-12H2,1-2H3/b6-3-,14-4+. The van der Waals surface area contributed by atoms with Crippen LogP contribution in [0.1, 0.15) is 13.8 Å². The van der Waals surface area contributed by atoms with Gasteiger partial charge in [-0.1, -0.05) is 18.2 Å². The maximum Gasteiger partial charge on any atom is 0.214 e. The highest BCUT2D eigenvalue weighted by Gasteiger charge is 2.21. The van der Waals surface area contributed by atoms with Crippen molar-refractivity contribution in [1.82, 2.24) is 4.90 Å². The van der Waals surface area contributed by atoms with Crippen molar-refractivity contribution in [2.75, 3.05) is 31.1 Å². The quantitative estimate of drug-likeness (QED) is 0.648. The van der Waals surface area contributed by atoms with E-state index in [4.69, 9.17) is 4.74 Å². The SMILES string of the molecule is C/C=C\C(=C/C)N(C=O)CCN1CCOc2c(O)cccc21. The number of carbonyl (C=O) groups excluding carboxylic acids is 1. The second kappa shape index (κ2) is 7.54. The second-order valence-electron chi connectivity index (χ2n) is 4.97. The number of anilines is 1. The second-order valence-corrected chi connectivity index (χ2v) is 4.97. The highest BCUT2D eigenvalue weighted by atomic mass is 16.5. The average Bonchev–Trinajstić information content (AvgIpc) is 2.55. The molecule has 0 aromatic heterocycles. The average molecular weight is 302 g/mol. The molecule has 1 aromatic carbocycles. The van der Waals surface area contributed by atoms with Gasteiger partial charge in [0, 0.05) is 18.8 Å². The van der Waals surface area contributed by atoms with E-state index >= 15 is 0 Å². The summed E-state index contributed by atoms with van der Waals surface area (Å²) in [4.78, 5) is 15.1. The summed E-state index contributed by atoms with van der Waals surface area (Å²) in [6, 6.07) is 5.33. The van der Waals surface area contributed by atoms with Crippen molar-refractivity contribution in [2.24, 2.45) is 0 Å². The number of nitrogens with zero attached hydrogens (tertiary/aromatic N) is 2. The summed E-state index contributed by atoms with van der Waals surface area (Å²) in [5.74, 6) is 0.670. The molecule has 1 amide bonds. The maximum absolute atomic E-state index is 11.3. The number of phenols is 1. The van der Waals surface area contributed by atoms with E-state index in [9.17, 15) is 9.90 Å². The molecular formula is C17H22N2O3. The number of fused-ring (bicyclic) bond motifs is 1. The Hall–Kier alpha value is -2.43. The molecule has 0 bridgehead atoms. The summed E-state index contributed by atoms with van der Waals surface area (Å²) >= 11 is 0. The summed E-state index contributed by atoms with van der Waals surface area (Å²) < 4.78 is 5.53. The highest BCUT2D eigenvalue weighted by molar-refractivity contribution is 5.65. The van der Waals surface area contributed by atoms with Crippen molar-refractivity contribution in [1.29, 1.82) is 0 Å². The molecule has 1 N–H and O–H groups in total. The molecule has 0 spiro atoms. The van der Waals surface area contributed by atoms with Crippen molar-refractivity contribution in [3.63, 3.8) is 0 Å². The molecular weight excluding hydrogens is 280 g/mol.